The first-order valence-electron chi connectivity index (χ1n) is 5.63. The van der Waals surface area contributed by atoms with Gasteiger partial charge in [0.15, 0.2) is 10.3 Å². The van der Waals surface area contributed by atoms with Gasteiger partial charge in [-0.3, -0.25) is 0 Å². The van der Waals surface area contributed by atoms with E-state index in [2.05, 4.69) is 10.2 Å². The monoisotopic (exact) mass is 291 g/mol. The Labute approximate surface area is 116 Å². The maximum absolute atomic E-state index is 9.27. The Morgan fingerprint density at radius 1 is 1.50 bits per heavy atom. The number of aliphatic hydroxyl groups excluding tert-OH is 1. The molecule has 5 nitrogen and oxygen atoms in total. The largest absolute Gasteiger partial charge is 0.394 e. The predicted octanol–water partition coefficient (Wildman–Crippen LogP) is 1.76. The van der Waals surface area contributed by atoms with Gasteiger partial charge < -0.3 is 14.7 Å². The Kier molecular flexibility index (Phi) is 3.96. The molecular formula is C11H15Cl2N3O2. The average Bonchev–Trinajstić information content (AvgIpc) is 2.30. The highest BCUT2D eigenvalue weighted by Gasteiger charge is 2.34. The molecular weight excluding hydrogens is 277 g/mol. The Morgan fingerprint density at radius 2 is 2.22 bits per heavy atom. The molecule has 18 heavy (non-hydrogen) atoms. The molecule has 0 amide bonds. The Balaban J connectivity index is 2.29. The minimum atomic E-state index is -0.370. The number of aliphatic hydroxyl groups is 1. The van der Waals surface area contributed by atoms with Crippen LogP contribution in [0.5, 0.6) is 0 Å². The van der Waals surface area contributed by atoms with E-state index >= 15 is 0 Å². The van der Waals surface area contributed by atoms with E-state index in [1.54, 1.807) is 6.07 Å². The summed E-state index contributed by atoms with van der Waals surface area (Å²) < 4.78 is 5.74. The van der Waals surface area contributed by atoms with Gasteiger partial charge in [-0.15, -0.1) is 10.2 Å². The number of morpholine rings is 1. The number of aromatic nitrogens is 2. The minimum Gasteiger partial charge on any atom is -0.394 e. The molecule has 2 rings (SSSR count). The van der Waals surface area contributed by atoms with E-state index in [0.717, 1.165) is 0 Å². The maximum atomic E-state index is 9.27. The van der Waals surface area contributed by atoms with Crippen LogP contribution in [-0.2, 0) is 4.74 Å². The van der Waals surface area contributed by atoms with E-state index in [9.17, 15) is 5.11 Å². The average molecular weight is 292 g/mol. The van der Waals surface area contributed by atoms with Crippen LogP contribution in [0.1, 0.15) is 13.8 Å². The van der Waals surface area contributed by atoms with E-state index in [0.29, 0.717) is 29.1 Å². The normalized spacial score (nSPS) is 23.2. The van der Waals surface area contributed by atoms with E-state index in [4.69, 9.17) is 27.9 Å². The summed E-state index contributed by atoms with van der Waals surface area (Å²) in [5.74, 6) is 0. The molecule has 1 aromatic rings. The molecule has 1 unspecified atom stereocenters. The van der Waals surface area contributed by atoms with Gasteiger partial charge in [-0.2, -0.15) is 0 Å². The van der Waals surface area contributed by atoms with Gasteiger partial charge in [-0.1, -0.05) is 23.2 Å². The van der Waals surface area contributed by atoms with Gasteiger partial charge in [-0.25, -0.2) is 0 Å². The van der Waals surface area contributed by atoms with Gasteiger partial charge in [0.1, 0.15) is 0 Å². The van der Waals surface area contributed by atoms with E-state index in [1.165, 1.54) is 0 Å². The first-order chi connectivity index (χ1) is 8.41. The molecule has 0 aromatic carbocycles. The number of nitrogens with zero attached hydrogens (tertiary/aromatic N) is 3. The highest BCUT2D eigenvalue weighted by Crippen LogP contribution is 2.30. The van der Waals surface area contributed by atoms with Crippen LogP contribution < -0.4 is 4.90 Å². The number of anilines is 1. The second-order valence-corrected chi connectivity index (χ2v) is 5.65. The van der Waals surface area contributed by atoms with Crippen molar-refractivity contribution in [3.63, 3.8) is 0 Å². The molecule has 1 aromatic heterocycles. The van der Waals surface area contributed by atoms with Crippen LogP contribution in [-0.4, -0.2) is 46.7 Å². The molecule has 7 heteroatoms. The highest BCUT2D eigenvalue weighted by molar-refractivity contribution is 6.33. The van der Waals surface area contributed by atoms with Crippen molar-refractivity contribution >= 4 is 28.9 Å². The van der Waals surface area contributed by atoms with Gasteiger partial charge in [0.25, 0.3) is 0 Å². The van der Waals surface area contributed by atoms with Gasteiger partial charge in [0.2, 0.25) is 0 Å². The molecule has 0 radical (unpaired) electrons. The molecule has 0 spiro atoms. The van der Waals surface area contributed by atoms with Crippen LogP contribution in [0.25, 0.3) is 0 Å². The molecule has 1 aliphatic rings. The topological polar surface area (TPSA) is 58.5 Å². The smallest absolute Gasteiger partial charge is 0.175 e. The van der Waals surface area contributed by atoms with E-state index in [1.807, 2.05) is 18.7 Å². The Morgan fingerprint density at radius 3 is 2.89 bits per heavy atom. The fraction of sp³-hybridized carbons (Fsp3) is 0.636. The van der Waals surface area contributed by atoms with Crippen LogP contribution in [0.4, 0.5) is 5.69 Å². The lowest BCUT2D eigenvalue weighted by Gasteiger charge is -2.43. The molecule has 0 saturated carbocycles. The number of hydrogen-bond acceptors (Lipinski definition) is 5. The van der Waals surface area contributed by atoms with Crippen molar-refractivity contribution in [2.45, 2.75) is 25.6 Å². The highest BCUT2D eigenvalue weighted by atomic mass is 35.5. The molecule has 1 atom stereocenters. The summed E-state index contributed by atoms with van der Waals surface area (Å²) in [4.78, 5) is 2.01. The van der Waals surface area contributed by atoms with Gasteiger partial charge in [0, 0.05) is 19.2 Å². The van der Waals surface area contributed by atoms with Crippen molar-refractivity contribution in [1.29, 1.82) is 0 Å². The van der Waals surface area contributed by atoms with Crippen molar-refractivity contribution in [2.75, 3.05) is 24.6 Å². The summed E-state index contributed by atoms with van der Waals surface area (Å²) in [5.41, 5.74) is 0.344. The third-order valence-electron chi connectivity index (χ3n) is 2.73. The zero-order valence-corrected chi connectivity index (χ0v) is 11.7. The lowest BCUT2D eigenvalue weighted by Crippen LogP contribution is -2.54. The zero-order chi connectivity index (χ0) is 13.3. The van der Waals surface area contributed by atoms with Crippen molar-refractivity contribution in [1.82, 2.24) is 10.2 Å². The minimum absolute atomic E-state index is 0.0379. The summed E-state index contributed by atoms with van der Waals surface area (Å²) in [6.07, 6.45) is -0.253. The van der Waals surface area contributed by atoms with Crippen LogP contribution in [0, 0.1) is 0 Å². The first-order valence-corrected chi connectivity index (χ1v) is 6.39. The fourth-order valence-electron chi connectivity index (χ4n) is 2.14. The van der Waals surface area contributed by atoms with Crippen molar-refractivity contribution < 1.29 is 9.84 Å². The molecule has 2 heterocycles. The van der Waals surface area contributed by atoms with Crippen molar-refractivity contribution in [3.05, 3.63) is 16.4 Å². The van der Waals surface area contributed by atoms with Gasteiger partial charge in [-0.05, 0) is 13.8 Å². The number of hydrogen-bond donors (Lipinski definition) is 1. The molecule has 1 N–H and O–H groups in total. The van der Waals surface area contributed by atoms with Crippen LogP contribution >= 0.6 is 23.2 Å². The predicted molar refractivity (Wildman–Crippen MR) is 70.3 cm³/mol. The van der Waals surface area contributed by atoms with E-state index < -0.39 is 0 Å². The molecule has 0 bridgehead atoms. The van der Waals surface area contributed by atoms with Crippen molar-refractivity contribution in [2.24, 2.45) is 0 Å². The third kappa shape index (κ3) is 3.03. The van der Waals surface area contributed by atoms with Gasteiger partial charge >= 0.3 is 0 Å². The number of halogens is 2. The summed E-state index contributed by atoms with van der Waals surface area (Å²) in [7, 11) is 0. The quantitative estimate of drug-likeness (QED) is 0.900. The van der Waals surface area contributed by atoms with Gasteiger partial charge in [0.05, 0.1) is 24.0 Å². The van der Waals surface area contributed by atoms with Crippen LogP contribution in [0.15, 0.2) is 6.07 Å². The van der Waals surface area contributed by atoms with Crippen LogP contribution in [0.3, 0.4) is 0 Å². The molecule has 0 aliphatic carbocycles. The van der Waals surface area contributed by atoms with Crippen LogP contribution in [0.2, 0.25) is 10.3 Å². The van der Waals surface area contributed by atoms with E-state index in [-0.39, 0.29) is 18.3 Å². The third-order valence-corrected chi connectivity index (χ3v) is 3.18. The SMILES string of the molecule is CC1(C)CN(c2cc(Cl)nnc2Cl)CC(CO)O1. The first kappa shape index (κ1) is 13.8. The standard InChI is InChI=1S/C11H15Cl2N3O2/c1-11(2)6-16(4-7(5-17)18-11)8-3-9(12)14-15-10(8)13/h3,7,17H,4-6H2,1-2H3. The molecule has 100 valence electrons. The van der Waals surface area contributed by atoms with Crippen molar-refractivity contribution in [3.8, 4) is 0 Å². The summed E-state index contributed by atoms with van der Waals surface area (Å²) in [6, 6.07) is 1.67. The maximum Gasteiger partial charge on any atom is 0.175 e. The molecule has 1 aliphatic heterocycles. The Bertz CT molecular complexity index is 442. The summed E-state index contributed by atoms with van der Waals surface area (Å²) in [5, 5.41) is 17.3. The second kappa shape index (κ2) is 5.17. The second-order valence-electron chi connectivity index (χ2n) is 4.91. The zero-order valence-electron chi connectivity index (χ0n) is 10.2. The number of rotatable bonds is 2. The summed E-state index contributed by atoms with van der Waals surface area (Å²) in [6.45, 7) is 5.08. The summed E-state index contributed by atoms with van der Waals surface area (Å²) >= 11 is 11.9. The molecule has 1 fully saturated rings. The fourth-order valence-corrected chi connectivity index (χ4v) is 2.49. The lowest BCUT2D eigenvalue weighted by molar-refractivity contribution is -0.101. The molecule has 1 saturated heterocycles. The number of ether oxygens (including phenoxy) is 1. The lowest BCUT2D eigenvalue weighted by atomic mass is 10.0. The Hall–Kier alpha value is -0.620.